The highest BCUT2D eigenvalue weighted by molar-refractivity contribution is 5.80. The molecular formula is C19H32N4O2. The minimum atomic E-state index is -0.243. The standard InChI is InChI=1S/C19H32N4O2/c1-14-11-15(2)23(20-14)16(3)19(24)21(4)18-5-8-22(9-6-18)12-17-7-10-25-13-17/h11,16-18H,5-10,12-13H2,1-4H3/t16-,17-/m1/s1. The predicted molar refractivity (Wildman–Crippen MR) is 97.6 cm³/mol. The Kier molecular flexibility index (Phi) is 5.79. The van der Waals surface area contributed by atoms with E-state index in [1.54, 1.807) is 0 Å². The Hall–Kier alpha value is -1.40. The summed E-state index contributed by atoms with van der Waals surface area (Å²) >= 11 is 0. The zero-order valence-electron chi connectivity index (χ0n) is 16.1. The number of ether oxygens (including phenoxy) is 1. The minimum Gasteiger partial charge on any atom is -0.381 e. The van der Waals surface area contributed by atoms with E-state index in [2.05, 4.69) is 10.00 Å². The van der Waals surface area contributed by atoms with Gasteiger partial charge in [-0.3, -0.25) is 9.48 Å². The molecule has 3 rings (SSSR count). The lowest BCUT2D eigenvalue weighted by atomic mass is 10.0. The fourth-order valence-corrected chi connectivity index (χ4v) is 4.20. The van der Waals surface area contributed by atoms with Crippen LogP contribution in [0.2, 0.25) is 0 Å². The molecule has 6 nitrogen and oxygen atoms in total. The van der Waals surface area contributed by atoms with Gasteiger partial charge < -0.3 is 14.5 Å². The number of piperidine rings is 1. The van der Waals surface area contributed by atoms with Gasteiger partial charge in [0.05, 0.1) is 12.3 Å². The molecule has 140 valence electrons. The Morgan fingerprint density at radius 1 is 1.36 bits per heavy atom. The van der Waals surface area contributed by atoms with Crippen molar-refractivity contribution in [3.8, 4) is 0 Å². The average Bonchev–Trinajstić information content (AvgIpc) is 3.22. The molecule has 0 aliphatic carbocycles. The lowest BCUT2D eigenvalue weighted by Crippen LogP contribution is -2.48. The number of carbonyl (C=O) groups excluding carboxylic acids is 1. The lowest BCUT2D eigenvalue weighted by molar-refractivity contribution is -0.136. The van der Waals surface area contributed by atoms with Gasteiger partial charge in [0, 0.05) is 45.0 Å². The van der Waals surface area contributed by atoms with E-state index in [-0.39, 0.29) is 11.9 Å². The molecular weight excluding hydrogens is 316 g/mol. The molecule has 2 atom stereocenters. The second kappa shape index (κ2) is 7.87. The van der Waals surface area contributed by atoms with E-state index in [0.717, 1.165) is 57.1 Å². The molecule has 1 amide bonds. The van der Waals surface area contributed by atoms with Crippen LogP contribution in [-0.4, -0.2) is 71.4 Å². The molecule has 0 radical (unpaired) electrons. The number of aromatic nitrogens is 2. The first-order valence-corrected chi connectivity index (χ1v) is 9.55. The molecule has 6 heteroatoms. The van der Waals surface area contributed by atoms with Crippen LogP contribution in [0.4, 0.5) is 0 Å². The van der Waals surface area contributed by atoms with Gasteiger partial charge in [-0.2, -0.15) is 5.10 Å². The zero-order chi connectivity index (χ0) is 18.0. The smallest absolute Gasteiger partial charge is 0.247 e. The molecule has 0 aromatic carbocycles. The number of nitrogens with zero attached hydrogens (tertiary/aromatic N) is 4. The molecule has 3 heterocycles. The molecule has 0 N–H and O–H groups in total. The fourth-order valence-electron chi connectivity index (χ4n) is 4.20. The third-order valence-electron chi connectivity index (χ3n) is 5.76. The van der Waals surface area contributed by atoms with Crippen LogP contribution in [-0.2, 0) is 9.53 Å². The Morgan fingerprint density at radius 3 is 2.64 bits per heavy atom. The zero-order valence-corrected chi connectivity index (χ0v) is 16.1. The summed E-state index contributed by atoms with van der Waals surface area (Å²) in [5.74, 6) is 0.857. The van der Waals surface area contributed by atoms with E-state index < -0.39 is 0 Å². The molecule has 25 heavy (non-hydrogen) atoms. The normalized spacial score (nSPS) is 23.8. The molecule has 2 fully saturated rings. The quantitative estimate of drug-likeness (QED) is 0.817. The molecule has 0 spiro atoms. The SMILES string of the molecule is Cc1cc(C)n([C@H](C)C(=O)N(C)C2CCN(C[C@H]3CCOC3)CC2)n1. The second-order valence-electron chi connectivity index (χ2n) is 7.76. The second-order valence-corrected chi connectivity index (χ2v) is 7.76. The Labute approximate surface area is 151 Å². The molecule has 1 aromatic heterocycles. The van der Waals surface area contributed by atoms with Crippen molar-refractivity contribution in [3.05, 3.63) is 17.5 Å². The van der Waals surface area contributed by atoms with E-state index in [0.29, 0.717) is 12.0 Å². The molecule has 0 saturated carbocycles. The number of amides is 1. The van der Waals surface area contributed by atoms with Crippen LogP contribution in [0.3, 0.4) is 0 Å². The molecule has 2 saturated heterocycles. The van der Waals surface area contributed by atoms with Gasteiger partial charge in [-0.15, -0.1) is 0 Å². The summed E-state index contributed by atoms with van der Waals surface area (Å²) in [7, 11) is 1.95. The Balaban J connectivity index is 1.52. The minimum absolute atomic E-state index is 0.161. The van der Waals surface area contributed by atoms with Crippen molar-refractivity contribution < 1.29 is 9.53 Å². The number of hydrogen-bond donors (Lipinski definition) is 0. The number of likely N-dealkylation sites (N-methyl/N-ethyl adjacent to an activating group) is 1. The average molecular weight is 348 g/mol. The fraction of sp³-hybridized carbons (Fsp3) is 0.789. The number of likely N-dealkylation sites (tertiary alicyclic amines) is 1. The van der Waals surface area contributed by atoms with E-state index in [4.69, 9.17) is 4.74 Å². The Morgan fingerprint density at radius 2 is 2.08 bits per heavy atom. The monoisotopic (exact) mass is 348 g/mol. The van der Waals surface area contributed by atoms with Gasteiger partial charge >= 0.3 is 0 Å². The van der Waals surface area contributed by atoms with Crippen molar-refractivity contribution in [1.29, 1.82) is 0 Å². The maximum absolute atomic E-state index is 12.9. The number of carbonyl (C=O) groups is 1. The molecule has 0 unspecified atom stereocenters. The first kappa shape index (κ1) is 18.4. The summed E-state index contributed by atoms with van der Waals surface area (Å²) in [6, 6.07) is 2.12. The van der Waals surface area contributed by atoms with Crippen LogP contribution in [0.15, 0.2) is 6.07 Å². The summed E-state index contributed by atoms with van der Waals surface area (Å²) in [6.45, 7) is 11.1. The van der Waals surface area contributed by atoms with Gasteiger partial charge in [0.2, 0.25) is 5.91 Å². The van der Waals surface area contributed by atoms with Gasteiger partial charge in [0.15, 0.2) is 0 Å². The van der Waals surface area contributed by atoms with Crippen molar-refractivity contribution in [1.82, 2.24) is 19.6 Å². The topological polar surface area (TPSA) is 50.6 Å². The third kappa shape index (κ3) is 4.23. The summed E-state index contributed by atoms with van der Waals surface area (Å²) in [4.78, 5) is 17.4. The maximum Gasteiger partial charge on any atom is 0.247 e. The van der Waals surface area contributed by atoms with Gasteiger partial charge in [-0.05, 0) is 52.0 Å². The van der Waals surface area contributed by atoms with E-state index in [1.165, 1.54) is 6.42 Å². The van der Waals surface area contributed by atoms with E-state index in [9.17, 15) is 4.79 Å². The van der Waals surface area contributed by atoms with E-state index >= 15 is 0 Å². The van der Waals surface area contributed by atoms with Crippen LogP contribution >= 0.6 is 0 Å². The number of hydrogen-bond acceptors (Lipinski definition) is 4. The van der Waals surface area contributed by atoms with Crippen molar-refractivity contribution >= 4 is 5.91 Å². The summed E-state index contributed by atoms with van der Waals surface area (Å²) in [6.07, 6.45) is 3.30. The summed E-state index contributed by atoms with van der Waals surface area (Å²) < 4.78 is 7.33. The van der Waals surface area contributed by atoms with Crippen LogP contribution in [0.5, 0.6) is 0 Å². The highest BCUT2D eigenvalue weighted by Gasteiger charge is 2.30. The van der Waals surface area contributed by atoms with Crippen molar-refractivity contribution in [2.24, 2.45) is 5.92 Å². The first-order chi connectivity index (χ1) is 12.0. The first-order valence-electron chi connectivity index (χ1n) is 9.55. The van der Waals surface area contributed by atoms with Crippen molar-refractivity contribution in [3.63, 3.8) is 0 Å². The predicted octanol–water partition coefficient (Wildman–Crippen LogP) is 2.02. The molecule has 2 aliphatic heterocycles. The molecule has 1 aromatic rings. The highest BCUT2D eigenvalue weighted by atomic mass is 16.5. The van der Waals surface area contributed by atoms with Crippen molar-refractivity contribution in [2.45, 2.75) is 52.1 Å². The summed E-state index contributed by atoms with van der Waals surface area (Å²) in [5.41, 5.74) is 2.00. The van der Waals surface area contributed by atoms with Gasteiger partial charge in [-0.25, -0.2) is 0 Å². The van der Waals surface area contributed by atoms with Crippen LogP contribution in [0, 0.1) is 19.8 Å². The third-order valence-corrected chi connectivity index (χ3v) is 5.76. The van der Waals surface area contributed by atoms with E-state index in [1.807, 2.05) is 43.5 Å². The van der Waals surface area contributed by atoms with Crippen LogP contribution in [0.25, 0.3) is 0 Å². The Bertz CT molecular complexity index is 586. The van der Waals surface area contributed by atoms with Crippen LogP contribution in [0.1, 0.15) is 43.6 Å². The highest BCUT2D eigenvalue weighted by Crippen LogP contribution is 2.22. The van der Waals surface area contributed by atoms with Gasteiger partial charge in [0.1, 0.15) is 6.04 Å². The maximum atomic E-state index is 12.9. The lowest BCUT2D eigenvalue weighted by Gasteiger charge is -2.38. The van der Waals surface area contributed by atoms with Gasteiger partial charge in [0.25, 0.3) is 0 Å². The molecule has 0 bridgehead atoms. The van der Waals surface area contributed by atoms with Crippen LogP contribution < -0.4 is 0 Å². The number of rotatable bonds is 5. The molecule has 2 aliphatic rings. The largest absolute Gasteiger partial charge is 0.381 e. The summed E-state index contributed by atoms with van der Waals surface area (Å²) in [5, 5.41) is 4.48. The van der Waals surface area contributed by atoms with Crippen molar-refractivity contribution in [2.75, 3.05) is 39.9 Å². The number of aryl methyl sites for hydroxylation is 2. The van der Waals surface area contributed by atoms with Gasteiger partial charge in [-0.1, -0.05) is 0 Å².